The van der Waals surface area contributed by atoms with Crippen LogP contribution in [0, 0.1) is 0 Å². The zero-order valence-electron chi connectivity index (χ0n) is 18.6. The first-order valence-corrected chi connectivity index (χ1v) is 12.0. The summed E-state index contributed by atoms with van der Waals surface area (Å²) in [7, 11) is -3.67. The zero-order valence-corrected chi connectivity index (χ0v) is 19.4. The summed E-state index contributed by atoms with van der Waals surface area (Å²) in [6.07, 6.45) is 8.85. The molecular formula is C24H22N4O6S. The molecule has 3 aromatic heterocycles. The molecule has 10 nitrogen and oxygen atoms in total. The van der Waals surface area contributed by atoms with Crippen LogP contribution < -0.4 is 26.6 Å². The number of aromatic nitrogens is 4. The van der Waals surface area contributed by atoms with Crippen LogP contribution in [0.25, 0.3) is 12.2 Å². The van der Waals surface area contributed by atoms with Gasteiger partial charge in [0, 0.05) is 18.0 Å². The Balaban J connectivity index is 0.000000623. The van der Waals surface area contributed by atoms with E-state index in [4.69, 9.17) is 9.29 Å². The maximum Gasteiger partial charge on any atom is 0.272 e. The van der Waals surface area contributed by atoms with Crippen molar-refractivity contribution in [3.63, 3.8) is 0 Å². The summed E-state index contributed by atoms with van der Waals surface area (Å²) >= 11 is 0. The summed E-state index contributed by atoms with van der Waals surface area (Å²) in [6.45, 7) is 0.380. The molecular weight excluding hydrogens is 472 g/mol. The highest BCUT2D eigenvalue weighted by Crippen LogP contribution is 2.11. The molecule has 0 aliphatic heterocycles. The van der Waals surface area contributed by atoms with Gasteiger partial charge in [-0.25, -0.2) is 0 Å². The minimum atomic E-state index is -3.67. The van der Waals surface area contributed by atoms with Crippen molar-refractivity contribution in [1.29, 1.82) is 0 Å². The summed E-state index contributed by atoms with van der Waals surface area (Å²) < 4.78 is 31.5. The van der Waals surface area contributed by atoms with Crippen LogP contribution >= 0.6 is 0 Å². The molecule has 35 heavy (non-hydrogen) atoms. The third kappa shape index (κ3) is 8.84. The molecule has 11 heteroatoms. The molecule has 180 valence electrons. The van der Waals surface area contributed by atoms with E-state index in [1.165, 1.54) is 6.08 Å². The highest BCUT2D eigenvalue weighted by atomic mass is 32.2. The molecule has 0 radical (unpaired) electrons. The topological polar surface area (TPSA) is 155 Å². The van der Waals surface area contributed by atoms with E-state index >= 15 is 0 Å². The minimum Gasteiger partial charge on any atom is -0.487 e. The Kier molecular flexibility index (Phi) is 8.43. The molecule has 0 aliphatic carbocycles. The fraction of sp³-hybridized carbons (Fsp3) is 0.0833. The van der Waals surface area contributed by atoms with Gasteiger partial charge in [0.1, 0.15) is 23.1 Å². The van der Waals surface area contributed by atoms with Gasteiger partial charge in [-0.3, -0.25) is 24.1 Å². The summed E-state index contributed by atoms with van der Waals surface area (Å²) in [4.78, 5) is 38.3. The average Bonchev–Trinajstić information content (AvgIpc) is 2.82. The fourth-order valence-corrected chi connectivity index (χ4v) is 2.77. The average molecular weight is 495 g/mol. The molecule has 1 aromatic carbocycles. The first kappa shape index (κ1) is 25.3. The van der Waals surface area contributed by atoms with E-state index < -0.39 is 15.7 Å². The number of pyridine rings is 2. The molecule has 0 unspecified atom stereocenters. The lowest BCUT2D eigenvalue weighted by molar-refractivity contribution is 0.304. The normalized spacial score (nSPS) is 12.1. The Hall–Kier alpha value is -4.35. The molecule has 0 spiro atoms. The first-order valence-electron chi connectivity index (χ1n) is 10.2. The predicted molar refractivity (Wildman–Crippen MR) is 131 cm³/mol. The summed E-state index contributed by atoms with van der Waals surface area (Å²) in [5.41, 5.74) is 1.49. The third-order valence-corrected chi connectivity index (χ3v) is 4.28. The van der Waals surface area contributed by atoms with E-state index in [0.717, 1.165) is 11.1 Å². The molecule has 0 atom stereocenters. The Morgan fingerprint density at radius 2 is 1.57 bits per heavy atom. The van der Waals surface area contributed by atoms with Crippen molar-refractivity contribution in [3.05, 3.63) is 121 Å². The van der Waals surface area contributed by atoms with Gasteiger partial charge in [0.2, 0.25) is 0 Å². The van der Waals surface area contributed by atoms with E-state index in [9.17, 15) is 18.0 Å². The van der Waals surface area contributed by atoms with Gasteiger partial charge in [0.15, 0.2) is 0 Å². The monoisotopic (exact) mass is 494 g/mol. The Morgan fingerprint density at radius 3 is 2.14 bits per heavy atom. The molecule has 0 saturated heterocycles. The minimum absolute atomic E-state index is 0.127. The largest absolute Gasteiger partial charge is 0.487 e. The second-order valence-corrected chi connectivity index (χ2v) is 8.70. The van der Waals surface area contributed by atoms with E-state index in [-0.39, 0.29) is 16.3 Å². The van der Waals surface area contributed by atoms with Crippen molar-refractivity contribution in [2.45, 2.75) is 6.61 Å². The van der Waals surface area contributed by atoms with Crippen LogP contribution in [-0.4, -0.2) is 39.2 Å². The van der Waals surface area contributed by atoms with Crippen LogP contribution in [0.1, 0.15) is 16.8 Å². The van der Waals surface area contributed by atoms with E-state index in [1.54, 1.807) is 36.8 Å². The van der Waals surface area contributed by atoms with Crippen LogP contribution in [0.3, 0.4) is 0 Å². The Labute approximate surface area is 200 Å². The lowest BCUT2D eigenvalue weighted by Gasteiger charge is -2.05. The summed E-state index contributed by atoms with van der Waals surface area (Å²) in [6, 6.07) is 16.5. The second-order valence-electron chi connectivity index (χ2n) is 7.24. The van der Waals surface area contributed by atoms with Crippen molar-refractivity contribution in [3.8, 4) is 5.75 Å². The number of nitrogens with zero attached hydrogens (tertiary/aromatic N) is 2. The van der Waals surface area contributed by atoms with Gasteiger partial charge >= 0.3 is 0 Å². The SMILES string of the molecule is CS(=O)(=O)O.O=c1[nH]c(=Cc2ccc(OCc3cccnc3)cn2)c(=O)[nH]c1=Cc1ccccc1. The fourth-order valence-electron chi connectivity index (χ4n) is 2.77. The quantitative estimate of drug-likeness (QED) is 0.341. The number of hydrogen-bond acceptors (Lipinski definition) is 7. The number of H-pyrrole nitrogens is 2. The second kappa shape index (κ2) is 11.7. The number of ether oxygens (including phenoxy) is 1. The Bertz CT molecular complexity index is 1590. The van der Waals surface area contributed by atoms with Gasteiger partial charge in [-0.1, -0.05) is 36.4 Å². The highest BCUT2D eigenvalue weighted by molar-refractivity contribution is 7.85. The highest BCUT2D eigenvalue weighted by Gasteiger charge is 2.00. The number of benzene rings is 1. The molecule has 0 bridgehead atoms. The molecule has 4 rings (SSSR count). The lowest BCUT2D eigenvalue weighted by Crippen LogP contribution is -2.46. The van der Waals surface area contributed by atoms with Crippen molar-refractivity contribution >= 4 is 22.3 Å². The molecule has 0 fully saturated rings. The van der Waals surface area contributed by atoms with Crippen LogP contribution in [0.15, 0.2) is 82.8 Å². The van der Waals surface area contributed by atoms with Gasteiger partial charge < -0.3 is 14.7 Å². The van der Waals surface area contributed by atoms with Crippen molar-refractivity contribution < 1.29 is 17.7 Å². The maximum atomic E-state index is 12.4. The Morgan fingerprint density at radius 1 is 0.914 bits per heavy atom. The summed E-state index contributed by atoms with van der Waals surface area (Å²) in [5.74, 6) is 0.589. The predicted octanol–water partition coefficient (Wildman–Crippen LogP) is 0.594. The van der Waals surface area contributed by atoms with Gasteiger partial charge in [-0.15, -0.1) is 0 Å². The molecule has 0 aliphatic rings. The van der Waals surface area contributed by atoms with Crippen LogP contribution in [0.4, 0.5) is 0 Å². The van der Waals surface area contributed by atoms with Gasteiger partial charge in [-0.05, 0) is 35.9 Å². The van der Waals surface area contributed by atoms with Crippen LogP contribution in [0.5, 0.6) is 5.75 Å². The van der Waals surface area contributed by atoms with Gasteiger partial charge in [0.05, 0.1) is 18.1 Å². The third-order valence-electron chi connectivity index (χ3n) is 4.28. The number of rotatable bonds is 5. The lowest BCUT2D eigenvalue weighted by atomic mass is 10.2. The smallest absolute Gasteiger partial charge is 0.272 e. The van der Waals surface area contributed by atoms with E-state index in [0.29, 0.717) is 24.3 Å². The van der Waals surface area contributed by atoms with Crippen molar-refractivity contribution in [2.24, 2.45) is 0 Å². The van der Waals surface area contributed by atoms with Gasteiger partial charge in [-0.2, -0.15) is 8.42 Å². The zero-order chi connectivity index (χ0) is 25.3. The number of hydrogen-bond donors (Lipinski definition) is 3. The van der Waals surface area contributed by atoms with Gasteiger partial charge in [0.25, 0.3) is 21.2 Å². The maximum absolute atomic E-state index is 12.4. The number of nitrogens with one attached hydrogen (secondary N) is 2. The van der Waals surface area contributed by atoms with Crippen molar-refractivity contribution in [2.75, 3.05) is 6.26 Å². The molecule has 0 amide bonds. The molecule has 4 aromatic rings. The van der Waals surface area contributed by atoms with E-state index in [1.807, 2.05) is 42.5 Å². The number of aromatic amines is 2. The molecule has 0 saturated carbocycles. The van der Waals surface area contributed by atoms with E-state index in [2.05, 4.69) is 19.9 Å². The molecule has 3 N–H and O–H groups in total. The first-order chi connectivity index (χ1) is 16.7. The van der Waals surface area contributed by atoms with Crippen molar-refractivity contribution in [1.82, 2.24) is 19.9 Å². The van der Waals surface area contributed by atoms with Crippen LogP contribution in [-0.2, 0) is 16.7 Å². The summed E-state index contributed by atoms with van der Waals surface area (Å²) in [5, 5.41) is 0.317. The molecule has 3 heterocycles. The standard InChI is InChI=1S/C23H18N4O3.CH4O3S/c28-22-20(11-16-5-2-1-3-6-16)26-23(29)21(27-22)12-18-8-9-19(14-25-18)30-15-17-7-4-10-24-13-17;1-5(2,3)4/h1-14H,15H2,(H,26,29)(H,27,28);1H3,(H,2,3,4). The van der Waals surface area contributed by atoms with Crippen LogP contribution in [0.2, 0.25) is 0 Å².